The molecule has 0 radical (unpaired) electrons. The Kier molecular flexibility index (Phi) is 58.9. The summed E-state index contributed by atoms with van der Waals surface area (Å²) < 4.78 is 34.5. The first kappa shape index (κ1) is 94.9. The molecular weight excluding hydrogens is 1320 g/mol. The predicted octanol–water partition coefficient (Wildman–Crippen LogP) is 14.3. The predicted molar refractivity (Wildman–Crippen MR) is 415 cm³/mol. The van der Waals surface area contributed by atoms with Crippen molar-refractivity contribution in [3.05, 3.63) is 97.2 Å². The van der Waals surface area contributed by atoms with Gasteiger partial charge in [-0.25, -0.2) is 0 Å². The van der Waals surface area contributed by atoms with E-state index in [2.05, 4.69) is 116 Å². The van der Waals surface area contributed by atoms with Crippen molar-refractivity contribution < 1.29 is 89.4 Å². The molecule has 104 heavy (non-hydrogen) atoms. The van der Waals surface area contributed by atoms with Gasteiger partial charge in [-0.05, 0) is 77.0 Å². The number of aliphatic hydroxyl groups is 11. The fraction of sp³-hybridized carbons (Fsp3) is 0.800. The molecule has 3 saturated heterocycles. The minimum absolute atomic E-state index is 0.248. The van der Waals surface area contributed by atoms with Crippen molar-refractivity contribution in [2.24, 2.45) is 0 Å². The third-order valence-corrected chi connectivity index (χ3v) is 20.2. The average Bonchev–Trinajstić information content (AvgIpc) is 0.783. The zero-order valence-corrected chi connectivity index (χ0v) is 64.5. The van der Waals surface area contributed by atoms with Gasteiger partial charge in [0.1, 0.15) is 73.2 Å². The Labute approximate surface area is 628 Å². The van der Waals surface area contributed by atoms with E-state index in [9.17, 15) is 61.0 Å². The second-order valence-corrected chi connectivity index (χ2v) is 29.2. The van der Waals surface area contributed by atoms with Crippen molar-refractivity contribution in [1.29, 1.82) is 0 Å². The van der Waals surface area contributed by atoms with Crippen molar-refractivity contribution in [3.8, 4) is 0 Å². The van der Waals surface area contributed by atoms with Gasteiger partial charge in [0, 0.05) is 6.42 Å². The Bertz CT molecular complexity index is 2260. The summed E-state index contributed by atoms with van der Waals surface area (Å²) >= 11 is 0. The van der Waals surface area contributed by atoms with Gasteiger partial charge < -0.3 is 89.9 Å². The largest absolute Gasteiger partial charge is 0.394 e. The molecule has 3 rings (SSSR count). The van der Waals surface area contributed by atoms with Crippen LogP contribution >= 0.6 is 0 Å². The van der Waals surface area contributed by atoms with E-state index in [4.69, 9.17) is 28.4 Å². The Balaban J connectivity index is 1.36. The number of hydrogen-bond acceptors (Lipinski definition) is 18. The maximum absolute atomic E-state index is 13.5. The summed E-state index contributed by atoms with van der Waals surface area (Å²) in [7, 11) is 0. The Hall–Kier alpha value is -3.29. The molecule has 602 valence electrons. The molecule has 0 aromatic carbocycles. The average molecular weight is 1470 g/mol. The normalized spacial score (nSPS) is 26.4. The van der Waals surface area contributed by atoms with Crippen LogP contribution in [0.4, 0.5) is 0 Å². The van der Waals surface area contributed by atoms with Gasteiger partial charge in [-0.3, -0.25) is 4.79 Å². The van der Waals surface area contributed by atoms with E-state index in [-0.39, 0.29) is 18.9 Å². The molecule has 0 aromatic heterocycles. The van der Waals surface area contributed by atoms with Crippen LogP contribution in [0.3, 0.4) is 0 Å². The fourth-order valence-electron chi connectivity index (χ4n) is 13.6. The highest BCUT2D eigenvalue weighted by atomic mass is 16.8. The maximum Gasteiger partial charge on any atom is 0.220 e. The lowest BCUT2D eigenvalue weighted by molar-refractivity contribution is -0.379. The summed E-state index contributed by atoms with van der Waals surface area (Å²) in [5.74, 6) is -0.248. The zero-order valence-electron chi connectivity index (χ0n) is 64.5. The second kappa shape index (κ2) is 64.5. The maximum atomic E-state index is 13.5. The van der Waals surface area contributed by atoms with Crippen LogP contribution in [0.1, 0.15) is 303 Å². The smallest absolute Gasteiger partial charge is 0.220 e. The summed E-state index contributed by atoms with van der Waals surface area (Å²) in [5.41, 5.74) is 0. The highest BCUT2D eigenvalue weighted by Gasteiger charge is 2.54. The van der Waals surface area contributed by atoms with E-state index in [1.54, 1.807) is 0 Å². The molecule has 0 bridgehead atoms. The van der Waals surface area contributed by atoms with Gasteiger partial charge in [0.2, 0.25) is 5.91 Å². The molecule has 17 atom stereocenters. The molecule has 19 heteroatoms. The third kappa shape index (κ3) is 43.8. The lowest BCUT2D eigenvalue weighted by Crippen LogP contribution is -2.66. The number of aliphatic hydroxyl groups excluding tert-OH is 11. The van der Waals surface area contributed by atoms with Crippen LogP contribution in [-0.2, 0) is 33.2 Å². The molecule has 3 aliphatic heterocycles. The van der Waals surface area contributed by atoms with E-state index in [0.29, 0.717) is 12.8 Å². The topological polar surface area (TPSA) is 307 Å². The Morgan fingerprint density at radius 3 is 1.04 bits per heavy atom. The highest BCUT2D eigenvalue weighted by molar-refractivity contribution is 5.76. The molecule has 1 amide bonds. The standard InChI is InChI=1S/C85H149NO18/c1-3-5-7-9-11-13-15-17-19-21-23-25-27-29-30-31-32-33-34-35-36-37-38-39-41-43-45-47-49-51-53-55-57-59-61-63-73(91)86-68(69(90)62-60-58-56-54-52-50-48-46-44-42-40-28-26-24-22-20-18-16-14-12-10-8-6-4-2)67-99-83-79(97)76(94)81(71(65-88)101-83)104-85-80(98)77(95)82(72(66-89)102-85)103-84-78(96)75(93)74(92)70(64-87)100-84/h5,7,11,13,17,19,23,25,29-30,32-33,35-36,38-39,68-72,74-85,87-90,92-98H,3-4,6,8-10,12,14-16,18,20-22,24,26-28,31,34,37,40-67H2,1-2H3,(H,86,91)/b7-5-,13-11-,19-17-,25-23-,30-29-,33-32-,36-35-,39-38-. The molecule has 0 saturated carbocycles. The Morgan fingerprint density at radius 1 is 0.356 bits per heavy atom. The van der Waals surface area contributed by atoms with Gasteiger partial charge in [0.15, 0.2) is 18.9 Å². The first-order chi connectivity index (χ1) is 50.8. The van der Waals surface area contributed by atoms with Crippen molar-refractivity contribution >= 4 is 5.91 Å². The number of allylic oxidation sites excluding steroid dienone is 16. The van der Waals surface area contributed by atoms with Crippen LogP contribution in [0.25, 0.3) is 0 Å². The van der Waals surface area contributed by atoms with E-state index < -0.39 is 124 Å². The number of rotatable bonds is 65. The van der Waals surface area contributed by atoms with E-state index in [1.165, 1.54) is 161 Å². The fourth-order valence-corrected chi connectivity index (χ4v) is 13.6. The van der Waals surface area contributed by atoms with Crippen LogP contribution in [-0.4, -0.2) is 193 Å². The van der Waals surface area contributed by atoms with Crippen molar-refractivity contribution in [2.75, 3.05) is 26.4 Å². The summed E-state index contributed by atoms with van der Waals surface area (Å²) in [6.07, 6.45) is 60.5. The van der Waals surface area contributed by atoms with E-state index in [0.717, 1.165) is 109 Å². The number of nitrogens with one attached hydrogen (secondary N) is 1. The molecule has 17 unspecified atom stereocenters. The van der Waals surface area contributed by atoms with Crippen LogP contribution in [0.5, 0.6) is 0 Å². The van der Waals surface area contributed by atoms with Gasteiger partial charge in [0.05, 0.1) is 38.6 Å². The number of ether oxygens (including phenoxy) is 6. The highest BCUT2D eigenvalue weighted by Crippen LogP contribution is 2.33. The first-order valence-corrected chi connectivity index (χ1v) is 41.5. The van der Waals surface area contributed by atoms with E-state index in [1.807, 2.05) is 0 Å². The molecule has 0 aromatic rings. The quantitative estimate of drug-likeness (QED) is 0.0199. The van der Waals surface area contributed by atoms with Gasteiger partial charge in [0.25, 0.3) is 0 Å². The molecule has 12 N–H and O–H groups in total. The van der Waals surface area contributed by atoms with Crippen LogP contribution < -0.4 is 5.32 Å². The Morgan fingerprint density at radius 2 is 0.663 bits per heavy atom. The second-order valence-electron chi connectivity index (χ2n) is 29.2. The van der Waals surface area contributed by atoms with Gasteiger partial charge in [-0.2, -0.15) is 0 Å². The summed E-state index contributed by atoms with van der Waals surface area (Å²) in [4.78, 5) is 13.5. The summed E-state index contributed by atoms with van der Waals surface area (Å²) in [5, 5.41) is 121. The monoisotopic (exact) mass is 1470 g/mol. The molecule has 3 fully saturated rings. The van der Waals surface area contributed by atoms with E-state index >= 15 is 0 Å². The van der Waals surface area contributed by atoms with Crippen LogP contribution in [0.15, 0.2) is 97.2 Å². The SMILES string of the molecule is CC/C=C\C/C=C\C/C=C\C/C=C\C/C=C\C/C=C\C/C=C\C/C=C\CCCCCCCCCCCCC(=O)NC(COC1OC(CO)C(OC2OC(CO)C(OC3OC(CO)C(O)C(O)C3O)C(O)C2O)C(O)C1O)C(O)CCCCCCCCCCCCCCCCCCCCCCCCCC. The number of carbonyl (C=O) groups excluding carboxylic acids is 1. The van der Waals surface area contributed by atoms with Crippen LogP contribution in [0.2, 0.25) is 0 Å². The molecule has 0 aliphatic carbocycles. The molecule has 19 nitrogen and oxygen atoms in total. The van der Waals surface area contributed by atoms with Gasteiger partial charge >= 0.3 is 0 Å². The summed E-state index contributed by atoms with van der Waals surface area (Å²) in [6, 6.07) is -0.898. The lowest BCUT2D eigenvalue weighted by atomic mass is 9.96. The molecular formula is C85H149NO18. The van der Waals surface area contributed by atoms with Crippen molar-refractivity contribution in [1.82, 2.24) is 5.32 Å². The number of unbranched alkanes of at least 4 members (excludes halogenated alkanes) is 33. The third-order valence-electron chi connectivity index (χ3n) is 20.2. The molecule has 3 aliphatic rings. The molecule has 0 spiro atoms. The van der Waals surface area contributed by atoms with Crippen molar-refractivity contribution in [3.63, 3.8) is 0 Å². The number of carbonyl (C=O) groups is 1. The zero-order chi connectivity index (χ0) is 75.3. The van der Waals surface area contributed by atoms with Crippen molar-refractivity contribution in [2.45, 2.75) is 407 Å². The summed E-state index contributed by atoms with van der Waals surface area (Å²) in [6.45, 7) is 1.71. The minimum atomic E-state index is -1.98. The van der Waals surface area contributed by atoms with Gasteiger partial charge in [-0.15, -0.1) is 0 Å². The minimum Gasteiger partial charge on any atom is -0.394 e. The van der Waals surface area contributed by atoms with Gasteiger partial charge in [-0.1, -0.05) is 317 Å². The molecule has 3 heterocycles. The first-order valence-electron chi connectivity index (χ1n) is 41.5. The number of hydrogen-bond donors (Lipinski definition) is 12. The lowest BCUT2D eigenvalue weighted by Gasteiger charge is -2.48. The van der Waals surface area contributed by atoms with Crippen LogP contribution in [0, 0.1) is 0 Å². The number of amides is 1.